The van der Waals surface area contributed by atoms with Crippen LogP contribution in [-0.4, -0.2) is 39.0 Å². The van der Waals surface area contributed by atoms with E-state index in [1.807, 2.05) is 13.8 Å². The highest BCUT2D eigenvalue weighted by Gasteiger charge is 2.31. The first kappa shape index (κ1) is 18.2. The van der Waals surface area contributed by atoms with Crippen molar-refractivity contribution in [2.24, 2.45) is 0 Å². The van der Waals surface area contributed by atoms with Crippen molar-refractivity contribution in [2.45, 2.75) is 37.6 Å². The van der Waals surface area contributed by atoms with Crippen molar-refractivity contribution in [3.05, 3.63) is 23.2 Å². The second-order valence-electron chi connectivity index (χ2n) is 4.76. The second-order valence-corrected chi connectivity index (χ2v) is 7.06. The molecule has 1 rings (SSSR count). The van der Waals surface area contributed by atoms with Gasteiger partial charge < -0.3 is 10.5 Å². The SMILES string of the molecule is CCC(CC)N(CCOC)S(=O)(=O)c1cc(Cl)ccc1N. The van der Waals surface area contributed by atoms with Crippen molar-refractivity contribution in [2.75, 3.05) is 26.0 Å². The monoisotopic (exact) mass is 334 g/mol. The Hall–Kier alpha value is -0.820. The number of ether oxygens (including phenoxy) is 1. The quantitative estimate of drug-likeness (QED) is 0.742. The Bertz CT molecular complexity index is 559. The van der Waals surface area contributed by atoms with Crippen molar-refractivity contribution in [1.29, 1.82) is 0 Å². The molecule has 0 aromatic heterocycles. The van der Waals surface area contributed by atoms with Crippen molar-refractivity contribution < 1.29 is 13.2 Å². The fourth-order valence-electron chi connectivity index (χ4n) is 2.23. The van der Waals surface area contributed by atoms with Gasteiger partial charge in [0.15, 0.2) is 0 Å². The molecule has 0 bridgehead atoms. The first-order valence-corrected chi connectivity index (χ1v) is 8.76. The molecular formula is C14H23ClN2O3S. The molecule has 0 aliphatic heterocycles. The molecule has 0 saturated carbocycles. The molecule has 5 nitrogen and oxygen atoms in total. The van der Waals surface area contributed by atoms with Crippen LogP contribution in [0.15, 0.2) is 23.1 Å². The number of anilines is 1. The molecule has 0 aliphatic carbocycles. The Morgan fingerprint density at radius 2 is 1.95 bits per heavy atom. The molecule has 0 heterocycles. The van der Waals surface area contributed by atoms with Gasteiger partial charge in [-0.1, -0.05) is 25.4 Å². The normalized spacial score (nSPS) is 12.3. The van der Waals surface area contributed by atoms with E-state index in [9.17, 15) is 8.42 Å². The van der Waals surface area contributed by atoms with Gasteiger partial charge in [0, 0.05) is 24.7 Å². The van der Waals surface area contributed by atoms with Crippen LogP contribution in [0.25, 0.3) is 0 Å². The third-order valence-electron chi connectivity index (χ3n) is 3.43. The molecule has 0 atom stereocenters. The first-order chi connectivity index (χ1) is 9.88. The van der Waals surface area contributed by atoms with E-state index in [1.165, 1.54) is 16.4 Å². The Morgan fingerprint density at radius 3 is 2.48 bits per heavy atom. The maximum atomic E-state index is 12.9. The third-order valence-corrected chi connectivity index (χ3v) is 5.67. The molecule has 0 radical (unpaired) electrons. The molecule has 120 valence electrons. The highest BCUT2D eigenvalue weighted by Crippen LogP contribution is 2.28. The highest BCUT2D eigenvalue weighted by molar-refractivity contribution is 7.89. The fraction of sp³-hybridized carbons (Fsp3) is 0.571. The van der Waals surface area contributed by atoms with E-state index < -0.39 is 10.0 Å². The van der Waals surface area contributed by atoms with Gasteiger partial charge in [0.2, 0.25) is 10.0 Å². The molecule has 7 heteroatoms. The maximum absolute atomic E-state index is 12.9. The predicted octanol–water partition coefficient (Wildman–Crippen LogP) is 2.75. The van der Waals surface area contributed by atoms with Crippen molar-refractivity contribution in [3.8, 4) is 0 Å². The first-order valence-electron chi connectivity index (χ1n) is 6.94. The number of nitrogens with two attached hydrogens (primary N) is 1. The third kappa shape index (κ3) is 4.32. The van der Waals surface area contributed by atoms with E-state index in [2.05, 4.69) is 0 Å². The largest absolute Gasteiger partial charge is 0.398 e. The van der Waals surface area contributed by atoms with Gasteiger partial charge in [-0.05, 0) is 31.0 Å². The lowest BCUT2D eigenvalue weighted by atomic mass is 10.2. The van der Waals surface area contributed by atoms with Crippen molar-refractivity contribution >= 4 is 27.3 Å². The molecule has 1 aromatic carbocycles. The standard InChI is InChI=1S/C14H23ClN2O3S/c1-4-12(5-2)17(8-9-20-3)21(18,19)14-10-11(15)6-7-13(14)16/h6-7,10,12H,4-5,8-9,16H2,1-3H3. The minimum atomic E-state index is -3.71. The van der Waals surface area contributed by atoms with Gasteiger partial charge in [-0.15, -0.1) is 0 Å². The number of nitrogens with zero attached hydrogens (tertiary/aromatic N) is 1. The summed E-state index contributed by atoms with van der Waals surface area (Å²) in [5, 5.41) is 0.346. The van der Waals surface area contributed by atoms with Gasteiger partial charge in [0.05, 0.1) is 12.3 Å². The zero-order valence-corrected chi connectivity index (χ0v) is 14.2. The Morgan fingerprint density at radius 1 is 1.33 bits per heavy atom. The van der Waals surface area contributed by atoms with Crippen molar-refractivity contribution in [3.63, 3.8) is 0 Å². The fourth-order valence-corrected chi connectivity index (χ4v) is 4.37. The molecule has 0 amide bonds. The lowest BCUT2D eigenvalue weighted by molar-refractivity contribution is 0.163. The maximum Gasteiger partial charge on any atom is 0.245 e. The number of methoxy groups -OCH3 is 1. The Balaban J connectivity index is 3.28. The topological polar surface area (TPSA) is 72.6 Å². The zero-order chi connectivity index (χ0) is 16.0. The van der Waals surface area contributed by atoms with Crippen LogP contribution in [-0.2, 0) is 14.8 Å². The van der Waals surface area contributed by atoms with Gasteiger partial charge in [0.1, 0.15) is 4.90 Å². The number of hydrogen-bond acceptors (Lipinski definition) is 4. The number of nitrogen functional groups attached to an aromatic ring is 1. The van der Waals surface area contributed by atoms with Gasteiger partial charge in [-0.2, -0.15) is 4.31 Å². The molecule has 21 heavy (non-hydrogen) atoms. The molecule has 2 N–H and O–H groups in total. The lowest BCUT2D eigenvalue weighted by Gasteiger charge is -2.29. The second kappa shape index (κ2) is 7.98. The molecule has 0 unspecified atom stereocenters. The number of hydrogen-bond donors (Lipinski definition) is 1. The summed E-state index contributed by atoms with van der Waals surface area (Å²) >= 11 is 5.92. The molecular weight excluding hydrogens is 312 g/mol. The van der Waals surface area contributed by atoms with Gasteiger partial charge in [0.25, 0.3) is 0 Å². The molecule has 0 saturated heterocycles. The lowest BCUT2D eigenvalue weighted by Crippen LogP contribution is -2.42. The molecule has 0 spiro atoms. The number of benzene rings is 1. The highest BCUT2D eigenvalue weighted by atomic mass is 35.5. The summed E-state index contributed by atoms with van der Waals surface area (Å²) in [6.07, 6.45) is 1.44. The van der Waals surface area contributed by atoms with Crippen LogP contribution in [0.4, 0.5) is 5.69 Å². The van der Waals surface area contributed by atoms with E-state index in [4.69, 9.17) is 22.1 Å². The van der Waals surface area contributed by atoms with Crippen LogP contribution < -0.4 is 5.73 Å². The summed E-state index contributed by atoms with van der Waals surface area (Å²) < 4.78 is 32.3. The summed E-state index contributed by atoms with van der Waals surface area (Å²) in [6.45, 7) is 4.54. The minimum Gasteiger partial charge on any atom is -0.398 e. The molecule has 1 aromatic rings. The smallest absolute Gasteiger partial charge is 0.245 e. The van der Waals surface area contributed by atoms with Gasteiger partial charge in [-0.25, -0.2) is 8.42 Å². The van der Waals surface area contributed by atoms with Gasteiger partial charge >= 0.3 is 0 Å². The van der Waals surface area contributed by atoms with Crippen LogP contribution >= 0.6 is 11.6 Å². The van der Waals surface area contributed by atoms with E-state index in [0.717, 1.165) is 12.8 Å². The van der Waals surface area contributed by atoms with Crippen molar-refractivity contribution in [1.82, 2.24) is 4.31 Å². The predicted molar refractivity (Wildman–Crippen MR) is 86.0 cm³/mol. The summed E-state index contributed by atoms with van der Waals surface area (Å²) in [5.41, 5.74) is 6.03. The Labute approximate surface area is 132 Å². The summed E-state index contributed by atoms with van der Waals surface area (Å²) in [7, 11) is -2.16. The average Bonchev–Trinajstić information content (AvgIpc) is 2.45. The number of sulfonamides is 1. The minimum absolute atomic E-state index is 0.0537. The molecule has 0 fully saturated rings. The van der Waals surface area contributed by atoms with Crippen LogP contribution in [0, 0.1) is 0 Å². The number of halogens is 1. The summed E-state index contributed by atoms with van der Waals surface area (Å²) in [6, 6.07) is 4.39. The van der Waals surface area contributed by atoms with Crippen LogP contribution in [0.2, 0.25) is 5.02 Å². The van der Waals surface area contributed by atoms with Crippen LogP contribution in [0.1, 0.15) is 26.7 Å². The average molecular weight is 335 g/mol. The Kier molecular flexibility index (Phi) is 6.93. The summed E-state index contributed by atoms with van der Waals surface area (Å²) in [5.74, 6) is 0. The van der Waals surface area contributed by atoms with Crippen LogP contribution in [0.5, 0.6) is 0 Å². The summed E-state index contributed by atoms with van der Waals surface area (Å²) in [4.78, 5) is 0.0537. The van der Waals surface area contributed by atoms with E-state index >= 15 is 0 Å². The zero-order valence-electron chi connectivity index (χ0n) is 12.7. The molecule has 0 aliphatic rings. The van der Waals surface area contributed by atoms with E-state index in [-0.39, 0.29) is 23.2 Å². The van der Waals surface area contributed by atoms with Crippen LogP contribution in [0.3, 0.4) is 0 Å². The van der Waals surface area contributed by atoms with Gasteiger partial charge in [-0.3, -0.25) is 0 Å². The van der Waals surface area contributed by atoms with E-state index in [0.29, 0.717) is 11.6 Å². The number of rotatable bonds is 8. The van der Waals surface area contributed by atoms with E-state index in [1.54, 1.807) is 13.2 Å².